The van der Waals surface area contributed by atoms with Gasteiger partial charge >= 0.3 is 0 Å². The van der Waals surface area contributed by atoms with Gasteiger partial charge < -0.3 is 9.64 Å². The lowest BCUT2D eigenvalue weighted by atomic mass is 9.98. The normalized spacial score (nSPS) is 28.4. The minimum absolute atomic E-state index is 0.0344. The van der Waals surface area contributed by atoms with Crippen LogP contribution in [0.5, 0.6) is 0 Å². The third-order valence-electron chi connectivity index (χ3n) is 7.46. The number of carbonyl (C=O) groups excluding carboxylic acids is 1. The molecule has 2 aromatic rings. The summed E-state index contributed by atoms with van der Waals surface area (Å²) >= 11 is 6.00. The van der Waals surface area contributed by atoms with Gasteiger partial charge in [0.25, 0.3) is 12.3 Å². The van der Waals surface area contributed by atoms with Gasteiger partial charge in [-0.25, -0.2) is 22.7 Å². The summed E-state index contributed by atoms with van der Waals surface area (Å²) in [6, 6.07) is 0.0689. The Labute approximate surface area is 205 Å². The van der Waals surface area contributed by atoms with E-state index < -0.39 is 12.6 Å². The molecule has 2 fully saturated rings. The molecule has 4 aliphatic rings. The summed E-state index contributed by atoms with van der Waals surface area (Å²) in [6.07, 6.45) is 5.38. The van der Waals surface area contributed by atoms with Crippen LogP contribution < -0.4 is 0 Å². The van der Waals surface area contributed by atoms with E-state index in [1.54, 1.807) is 27.9 Å². The van der Waals surface area contributed by atoms with Gasteiger partial charge in [0, 0.05) is 30.3 Å². The molecule has 35 heavy (non-hydrogen) atoms. The molecule has 4 atom stereocenters. The molecular weight excluding hydrogens is 483 g/mol. The van der Waals surface area contributed by atoms with Crippen molar-refractivity contribution in [1.29, 1.82) is 0 Å². The molecule has 2 bridgehead atoms. The van der Waals surface area contributed by atoms with Crippen LogP contribution in [0.2, 0.25) is 5.02 Å². The Balaban J connectivity index is 1.16. The Morgan fingerprint density at radius 1 is 1.23 bits per heavy atom. The minimum atomic E-state index is -2.36. The first kappa shape index (κ1) is 22.8. The molecule has 0 N–H and O–H groups in total. The van der Waals surface area contributed by atoms with Gasteiger partial charge in [0.1, 0.15) is 18.0 Å². The molecule has 6 rings (SSSR count). The fraction of sp³-hybridized carbons (Fsp3) is 0.542. The molecular formula is C24H25ClF3N5O2. The lowest BCUT2D eigenvalue weighted by Gasteiger charge is -2.39. The number of allylic oxidation sites excluding steroid dienone is 2. The van der Waals surface area contributed by atoms with Crippen LogP contribution in [0.15, 0.2) is 35.9 Å². The lowest BCUT2D eigenvalue weighted by Crippen LogP contribution is -2.47. The molecule has 0 spiro atoms. The van der Waals surface area contributed by atoms with Gasteiger partial charge in [-0.05, 0) is 31.8 Å². The van der Waals surface area contributed by atoms with Gasteiger partial charge in [-0.1, -0.05) is 17.7 Å². The van der Waals surface area contributed by atoms with Crippen LogP contribution >= 0.6 is 11.6 Å². The standard InChI is InChI=1S/C24H25ClF3N5O2/c25-13-8-29-23-19-10-31(11-20(19)30-33(23)9-13)24(34)18-4-1-14(26)5-21(18)35-17-6-15-2-3-16(7-17)32(15)12-22(27)28/h4-5,8-9,14-17,22H,1-3,6-7,10-12H2/t14?,15-,16+,17?. The summed E-state index contributed by atoms with van der Waals surface area (Å²) in [7, 11) is 0. The summed E-state index contributed by atoms with van der Waals surface area (Å²) in [6.45, 7) is 0.433. The first-order valence-corrected chi connectivity index (χ1v) is 12.3. The maximum absolute atomic E-state index is 14.3. The summed E-state index contributed by atoms with van der Waals surface area (Å²) in [5, 5.41) is 4.97. The van der Waals surface area contributed by atoms with Crippen molar-refractivity contribution in [2.45, 2.75) is 76.0 Å². The minimum Gasteiger partial charge on any atom is -0.490 e. The summed E-state index contributed by atoms with van der Waals surface area (Å²) in [5.41, 5.74) is 2.62. The van der Waals surface area contributed by atoms with Gasteiger partial charge in [-0.2, -0.15) is 5.10 Å². The van der Waals surface area contributed by atoms with Crippen LogP contribution in [0, 0.1) is 0 Å². The number of alkyl halides is 3. The maximum Gasteiger partial charge on any atom is 0.257 e. The molecule has 2 aromatic heterocycles. The van der Waals surface area contributed by atoms with Crippen molar-refractivity contribution in [3.63, 3.8) is 0 Å². The molecule has 2 unspecified atom stereocenters. The fourth-order valence-corrected chi connectivity index (χ4v) is 6.08. The smallest absolute Gasteiger partial charge is 0.257 e. The van der Waals surface area contributed by atoms with E-state index in [2.05, 4.69) is 10.1 Å². The molecule has 5 heterocycles. The van der Waals surface area contributed by atoms with Crippen LogP contribution in [-0.4, -0.2) is 67.6 Å². The van der Waals surface area contributed by atoms with Crippen LogP contribution in [0.3, 0.4) is 0 Å². The topological polar surface area (TPSA) is 63.0 Å². The predicted octanol–water partition coefficient (Wildman–Crippen LogP) is 4.05. The van der Waals surface area contributed by atoms with Crippen molar-refractivity contribution in [2.75, 3.05) is 6.54 Å². The number of hydrogen-bond acceptors (Lipinski definition) is 5. The van der Waals surface area contributed by atoms with E-state index in [-0.39, 0.29) is 42.8 Å². The van der Waals surface area contributed by atoms with Crippen molar-refractivity contribution in [3.05, 3.63) is 52.2 Å². The second-order valence-corrected chi connectivity index (χ2v) is 10.1. The van der Waals surface area contributed by atoms with Gasteiger partial charge in [0.15, 0.2) is 5.65 Å². The molecule has 2 saturated heterocycles. The predicted molar refractivity (Wildman–Crippen MR) is 122 cm³/mol. The van der Waals surface area contributed by atoms with E-state index in [0.717, 1.165) is 24.1 Å². The fourth-order valence-electron chi connectivity index (χ4n) is 5.94. The first-order valence-electron chi connectivity index (χ1n) is 11.9. The molecule has 186 valence electrons. The largest absolute Gasteiger partial charge is 0.490 e. The van der Waals surface area contributed by atoms with E-state index in [0.29, 0.717) is 42.2 Å². The Kier molecular flexibility index (Phi) is 5.75. The number of halogens is 4. The third kappa shape index (κ3) is 4.20. The SMILES string of the molecule is O=C(C1=CCC(F)C=C1OC1C[C@H]2CC[C@@H](C1)N2CC(F)F)N1Cc2nn3cc(Cl)cnc3c2C1. The Hall–Kier alpha value is -2.59. The van der Waals surface area contributed by atoms with Crippen LogP contribution in [-0.2, 0) is 22.6 Å². The van der Waals surface area contributed by atoms with Crippen molar-refractivity contribution in [1.82, 2.24) is 24.4 Å². The van der Waals surface area contributed by atoms with E-state index in [9.17, 15) is 18.0 Å². The number of hydrogen-bond donors (Lipinski definition) is 0. The number of amides is 1. The van der Waals surface area contributed by atoms with Crippen LogP contribution in [0.1, 0.15) is 43.4 Å². The van der Waals surface area contributed by atoms with Crippen molar-refractivity contribution in [2.24, 2.45) is 0 Å². The summed E-state index contributed by atoms with van der Waals surface area (Å²) in [5.74, 6) is 0.00973. The van der Waals surface area contributed by atoms with Gasteiger partial charge in [-0.3, -0.25) is 9.69 Å². The number of nitrogens with zero attached hydrogens (tertiary/aromatic N) is 5. The molecule has 0 aromatic carbocycles. The monoisotopic (exact) mass is 507 g/mol. The number of rotatable bonds is 5. The molecule has 7 nitrogen and oxygen atoms in total. The molecule has 11 heteroatoms. The Bertz CT molecular complexity index is 1220. The van der Waals surface area contributed by atoms with E-state index in [1.807, 2.05) is 4.90 Å². The zero-order valence-corrected chi connectivity index (χ0v) is 19.7. The summed E-state index contributed by atoms with van der Waals surface area (Å²) in [4.78, 5) is 21.4. The van der Waals surface area contributed by atoms with Crippen molar-refractivity contribution in [3.8, 4) is 0 Å². The molecule has 0 saturated carbocycles. The number of fused-ring (bicyclic) bond motifs is 5. The average Bonchev–Trinajstić information content (AvgIpc) is 3.42. The average molecular weight is 508 g/mol. The van der Waals surface area contributed by atoms with Crippen molar-refractivity contribution >= 4 is 23.2 Å². The van der Waals surface area contributed by atoms with Gasteiger partial charge in [0.05, 0.1) is 42.1 Å². The van der Waals surface area contributed by atoms with Gasteiger partial charge in [-0.15, -0.1) is 0 Å². The van der Waals surface area contributed by atoms with Gasteiger partial charge in [0.2, 0.25) is 0 Å². The van der Waals surface area contributed by atoms with E-state index in [1.165, 1.54) is 6.08 Å². The third-order valence-corrected chi connectivity index (χ3v) is 7.65. The van der Waals surface area contributed by atoms with E-state index in [4.69, 9.17) is 16.3 Å². The first-order chi connectivity index (χ1) is 16.9. The van der Waals surface area contributed by atoms with Crippen molar-refractivity contribution < 1.29 is 22.7 Å². The highest BCUT2D eigenvalue weighted by Gasteiger charge is 2.43. The number of ether oxygens (including phenoxy) is 1. The van der Waals surface area contributed by atoms with Crippen LogP contribution in [0.4, 0.5) is 13.2 Å². The zero-order valence-electron chi connectivity index (χ0n) is 18.9. The number of carbonyl (C=O) groups is 1. The maximum atomic E-state index is 14.3. The zero-order chi connectivity index (χ0) is 24.3. The lowest BCUT2D eigenvalue weighted by molar-refractivity contribution is -0.128. The molecule has 1 aliphatic carbocycles. The highest BCUT2D eigenvalue weighted by Crippen LogP contribution is 2.39. The van der Waals surface area contributed by atoms with Crippen LogP contribution in [0.25, 0.3) is 5.65 Å². The number of aromatic nitrogens is 3. The number of piperidine rings is 1. The second kappa shape index (κ2) is 8.81. The summed E-state index contributed by atoms with van der Waals surface area (Å²) < 4.78 is 48.1. The second-order valence-electron chi connectivity index (χ2n) is 9.71. The molecule has 1 amide bonds. The molecule has 0 radical (unpaired) electrons. The Morgan fingerprint density at radius 3 is 2.74 bits per heavy atom. The molecule has 3 aliphatic heterocycles. The highest BCUT2D eigenvalue weighted by atomic mass is 35.5. The van der Waals surface area contributed by atoms with E-state index >= 15 is 0 Å². The Morgan fingerprint density at radius 2 is 2.00 bits per heavy atom. The quantitative estimate of drug-likeness (QED) is 0.611. The highest BCUT2D eigenvalue weighted by molar-refractivity contribution is 6.30.